The van der Waals surface area contributed by atoms with Crippen LogP contribution >= 0.6 is 0 Å². The van der Waals surface area contributed by atoms with E-state index in [2.05, 4.69) is 54.3 Å². The second-order valence-electron chi connectivity index (χ2n) is 12.2. The van der Waals surface area contributed by atoms with E-state index in [1.54, 1.807) is 18.2 Å². The Hall–Kier alpha value is -4.85. The summed E-state index contributed by atoms with van der Waals surface area (Å²) in [6, 6.07) is 17.9. The molecule has 13 heteroatoms. The first-order valence-electron chi connectivity index (χ1n) is 15.6. The van der Waals surface area contributed by atoms with E-state index in [0.29, 0.717) is 42.8 Å². The van der Waals surface area contributed by atoms with Crippen molar-refractivity contribution in [3.8, 4) is 29.3 Å². The van der Waals surface area contributed by atoms with Crippen LogP contribution in [-0.4, -0.2) is 101 Å². The van der Waals surface area contributed by atoms with Gasteiger partial charge in [-0.05, 0) is 55.3 Å². The number of halogens is 1. The third-order valence-electron chi connectivity index (χ3n) is 9.29. The molecule has 1 amide bonds. The molecule has 1 N–H and O–H groups in total. The molecule has 7 rings (SSSR count). The number of aromatic nitrogens is 3. The first-order valence-corrected chi connectivity index (χ1v) is 15.6. The maximum Gasteiger partial charge on any atom is 0.243 e. The van der Waals surface area contributed by atoms with Gasteiger partial charge in [0.1, 0.15) is 29.7 Å². The third-order valence-corrected chi connectivity index (χ3v) is 9.29. The van der Waals surface area contributed by atoms with Crippen molar-refractivity contribution in [2.45, 2.75) is 37.6 Å². The van der Waals surface area contributed by atoms with E-state index in [1.165, 1.54) is 16.9 Å². The molecule has 3 saturated heterocycles. The number of rotatable bonds is 8. The number of nitrogens with one attached hydrogen (secondary N) is 1. The minimum Gasteiger partial charge on any atom is -0.486 e. The van der Waals surface area contributed by atoms with Crippen molar-refractivity contribution < 1.29 is 18.7 Å². The Morgan fingerprint density at radius 1 is 1.04 bits per heavy atom. The summed E-state index contributed by atoms with van der Waals surface area (Å²) >= 11 is 0. The number of anilines is 3. The monoisotopic (exact) mass is 623 g/mol. The Bertz CT molecular complexity index is 1670. The summed E-state index contributed by atoms with van der Waals surface area (Å²) in [6.07, 6.45) is 0.456. The fraction of sp³-hybridized carbons (Fsp3) is 0.455. The standard InChI is InChI=1S/C33H34FN9O3/c34-27-17-43(31(44)33(20-36)8-9-33)10-7-29(27)46-28-6-1-22(15-23(28)16-35)30-37-21-38-32(40-30)39-24-2-4-25(5-3-24)41-11-13-42(14-12-41)26-18-45-19-26/h1-6,15,21,26-27,29H,7-14,17-19H2,(H,37,38,39,40)/t27-,29?/m1/s1. The molecular weight excluding hydrogens is 589 g/mol. The number of nitriles is 2. The molecule has 236 valence electrons. The maximum atomic E-state index is 15.1. The minimum atomic E-state index is -1.44. The Kier molecular flexibility index (Phi) is 8.11. The zero-order valence-corrected chi connectivity index (χ0v) is 25.3. The molecule has 2 aromatic carbocycles. The van der Waals surface area contributed by atoms with Crippen LogP contribution in [0.5, 0.6) is 5.75 Å². The van der Waals surface area contributed by atoms with Crippen molar-refractivity contribution in [1.82, 2.24) is 24.8 Å². The molecule has 1 saturated carbocycles. The number of carbonyl (C=O) groups is 1. The summed E-state index contributed by atoms with van der Waals surface area (Å²) < 4.78 is 26.4. The van der Waals surface area contributed by atoms with Crippen LogP contribution < -0.4 is 15.0 Å². The van der Waals surface area contributed by atoms with E-state index in [1.807, 2.05) is 12.1 Å². The van der Waals surface area contributed by atoms with Gasteiger partial charge in [0.05, 0.1) is 37.4 Å². The highest BCUT2D eigenvalue weighted by Gasteiger charge is 2.53. The van der Waals surface area contributed by atoms with Gasteiger partial charge in [-0.15, -0.1) is 0 Å². The lowest BCUT2D eigenvalue weighted by Crippen LogP contribution is -2.56. The number of piperidine rings is 1. The normalized spacial score (nSPS) is 22.7. The van der Waals surface area contributed by atoms with Crippen molar-refractivity contribution in [3.05, 3.63) is 54.4 Å². The van der Waals surface area contributed by atoms with Gasteiger partial charge in [0.15, 0.2) is 12.0 Å². The van der Waals surface area contributed by atoms with Crippen LogP contribution in [0.3, 0.4) is 0 Å². The number of carbonyl (C=O) groups excluding carboxylic acids is 1. The van der Waals surface area contributed by atoms with Gasteiger partial charge in [-0.1, -0.05) is 0 Å². The van der Waals surface area contributed by atoms with Gasteiger partial charge in [0, 0.05) is 56.1 Å². The summed E-state index contributed by atoms with van der Waals surface area (Å²) in [4.78, 5) is 32.1. The number of hydrogen-bond acceptors (Lipinski definition) is 11. The third kappa shape index (κ3) is 6.04. The summed E-state index contributed by atoms with van der Waals surface area (Å²) in [6.45, 7) is 5.87. The highest BCUT2D eigenvalue weighted by Crippen LogP contribution is 2.47. The molecule has 2 atom stereocenters. The first-order chi connectivity index (χ1) is 22.4. The van der Waals surface area contributed by atoms with Crippen LogP contribution in [-0.2, 0) is 9.53 Å². The fourth-order valence-corrected chi connectivity index (χ4v) is 6.18. The summed E-state index contributed by atoms with van der Waals surface area (Å²) in [7, 11) is 0. The van der Waals surface area contributed by atoms with E-state index in [9.17, 15) is 15.3 Å². The predicted octanol–water partition coefficient (Wildman–Crippen LogP) is 3.30. The molecule has 1 unspecified atom stereocenters. The van der Waals surface area contributed by atoms with E-state index in [4.69, 9.17) is 9.47 Å². The average Bonchev–Trinajstić information content (AvgIpc) is 3.87. The predicted molar refractivity (Wildman–Crippen MR) is 166 cm³/mol. The van der Waals surface area contributed by atoms with Crippen molar-refractivity contribution in [2.75, 3.05) is 62.7 Å². The number of hydrogen-bond donors (Lipinski definition) is 1. The van der Waals surface area contributed by atoms with Gasteiger partial charge in [0.25, 0.3) is 0 Å². The molecule has 4 heterocycles. The lowest BCUT2D eigenvalue weighted by Gasteiger charge is -2.43. The molecule has 3 aromatic rings. The first kappa shape index (κ1) is 29.8. The van der Waals surface area contributed by atoms with Crippen LogP contribution in [0.1, 0.15) is 24.8 Å². The van der Waals surface area contributed by atoms with E-state index in [0.717, 1.165) is 45.1 Å². The van der Waals surface area contributed by atoms with Crippen LogP contribution in [0.4, 0.5) is 21.7 Å². The highest BCUT2D eigenvalue weighted by atomic mass is 19.1. The molecule has 0 bridgehead atoms. The topological polar surface area (TPSA) is 144 Å². The molecule has 46 heavy (non-hydrogen) atoms. The Morgan fingerprint density at radius 3 is 2.48 bits per heavy atom. The fourth-order valence-electron chi connectivity index (χ4n) is 6.18. The summed E-state index contributed by atoms with van der Waals surface area (Å²) in [5, 5.41) is 22.4. The zero-order chi connectivity index (χ0) is 31.7. The zero-order valence-electron chi connectivity index (χ0n) is 25.3. The average molecular weight is 624 g/mol. The molecule has 12 nitrogen and oxygen atoms in total. The summed E-state index contributed by atoms with van der Waals surface area (Å²) in [5.74, 6) is 0.679. The lowest BCUT2D eigenvalue weighted by atomic mass is 10.0. The number of amides is 1. The number of benzene rings is 2. The maximum absolute atomic E-state index is 15.1. The number of likely N-dealkylation sites (tertiary alicyclic amines) is 1. The van der Waals surface area contributed by atoms with Crippen LogP contribution in [0.15, 0.2) is 48.8 Å². The van der Waals surface area contributed by atoms with E-state index in [-0.39, 0.29) is 30.2 Å². The second kappa shape index (κ2) is 12.5. The van der Waals surface area contributed by atoms with Gasteiger partial charge in [-0.25, -0.2) is 14.4 Å². The van der Waals surface area contributed by atoms with Crippen LogP contribution in [0.2, 0.25) is 0 Å². The van der Waals surface area contributed by atoms with Crippen molar-refractivity contribution in [2.24, 2.45) is 5.41 Å². The smallest absolute Gasteiger partial charge is 0.243 e. The van der Waals surface area contributed by atoms with Crippen molar-refractivity contribution in [1.29, 1.82) is 10.5 Å². The van der Waals surface area contributed by atoms with Crippen molar-refractivity contribution >= 4 is 23.2 Å². The molecule has 4 aliphatic rings. The lowest BCUT2D eigenvalue weighted by molar-refractivity contribution is -0.138. The van der Waals surface area contributed by atoms with E-state index < -0.39 is 17.7 Å². The van der Waals surface area contributed by atoms with Gasteiger partial charge in [-0.2, -0.15) is 15.5 Å². The molecule has 1 aromatic heterocycles. The number of nitrogens with zero attached hydrogens (tertiary/aromatic N) is 8. The molecule has 0 radical (unpaired) electrons. The number of ether oxygens (including phenoxy) is 2. The number of alkyl halides is 1. The van der Waals surface area contributed by atoms with Gasteiger partial charge in [-0.3, -0.25) is 9.69 Å². The molecule has 4 fully saturated rings. The van der Waals surface area contributed by atoms with Crippen molar-refractivity contribution in [3.63, 3.8) is 0 Å². The Labute approximate surface area is 266 Å². The van der Waals surface area contributed by atoms with Crippen LogP contribution in [0, 0.1) is 28.1 Å². The van der Waals surface area contributed by atoms with Gasteiger partial charge < -0.3 is 24.6 Å². The number of piperazine rings is 1. The molecule has 3 aliphatic heterocycles. The van der Waals surface area contributed by atoms with E-state index >= 15 is 4.39 Å². The van der Waals surface area contributed by atoms with Crippen LogP contribution in [0.25, 0.3) is 11.4 Å². The molecule has 0 spiro atoms. The van der Waals surface area contributed by atoms with Gasteiger partial charge in [0.2, 0.25) is 11.9 Å². The molecule has 1 aliphatic carbocycles. The summed E-state index contributed by atoms with van der Waals surface area (Å²) in [5.41, 5.74) is 1.83. The largest absolute Gasteiger partial charge is 0.486 e. The van der Waals surface area contributed by atoms with Gasteiger partial charge >= 0.3 is 0 Å². The second-order valence-corrected chi connectivity index (χ2v) is 12.2. The Balaban J connectivity index is 0.967. The highest BCUT2D eigenvalue weighted by molar-refractivity contribution is 5.88. The molecular formula is C33H34FN9O3. The SMILES string of the molecule is N#Cc1cc(-c2ncnc(Nc3ccc(N4CCN(C5COC5)CC4)cc3)n2)ccc1OC1CCN(C(=O)C2(C#N)CC2)C[C@H]1F. The Morgan fingerprint density at radius 2 is 1.83 bits per heavy atom. The quantitative estimate of drug-likeness (QED) is 0.395. The minimum absolute atomic E-state index is 0.135.